The van der Waals surface area contributed by atoms with Crippen molar-refractivity contribution < 1.29 is 4.74 Å². The number of hydrogen-bond acceptors (Lipinski definition) is 2. The second-order valence-electron chi connectivity index (χ2n) is 4.23. The molecule has 0 rings (SSSR count). The zero-order valence-corrected chi connectivity index (χ0v) is 8.39. The van der Waals surface area contributed by atoms with Crippen LogP contribution in [0, 0.1) is 16.7 Å². The standard InChI is InChI=1S/C10H19NO/c1-10(2,3)9-12-8-6-4-5-7-11/h4-6,8-9H2,1-3H3. The first-order valence-corrected chi connectivity index (χ1v) is 4.51. The van der Waals surface area contributed by atoms with Crippen molar-refractivity contribution in [1.82, 2.24) is 0 Å². The predicted octanol–water partition coefficient (Wildman–Crippen LogP) is 2.74. The molecule has 12 heavy (non-hydrogen) atoms. The minimum atomic E-state index is 0.259. The quantitative estimate of drug-likeness (QED) is 0.593. The van der Waals surface area contributed by atoms with Crippen LogP contribution in [0.4, 0.5) is 0 Å². The Labute approximate surface area is 75.5 Å². The fourth-order valence-corrected chi connectivity index (χ4v) is 0.787. The summed E-state index contributed by atoms with van der Waals surface area (Å²) in [5, 5.41) is 8.26. The zero-order valence-electron chi connectivity index (χ0n) is 8.39. The lowest BCUT2D eigenvalue weighted by atomic mass is 9.99. The largest absolute Gasteiger partial charge is 0.381 e. The Morgan fingerprint density at radius 1 is 1.25 bits per heavy atom. The van der Waals surface area contributed by atoms with E-state index in [1.54, 1.807) is 0 Å². The van der Waals surface area contributed by atoms with Gasteiger partial charge >= 0.3 is 0 Å². The number of hydrogen-bond donors (Lipinski definition) is 0. The molecule has 0 unspecified atom stereocenters. The molecule has 2 heteroatoms. The number of nitrogens with zero attached hydrogens (tertiary/aromatic N) is 1. The summed E-state index contributed by atoms with van der Waals surface area (Å²) in [5.74, 6) is 0. The van der Waals surface area contributed by atoms with Gasteiger partial charge in [0.15, 0.2) is 0 Å². The van der Waals surface area contributed by atoms with Crippen LogP contribution in [-0.4, -0.2) is 13.2 Å². The van der Waals surface area contributed by atoms with Gasteiger partial charge < -0.3 is 4.74 Å². The van der Waals surface area contributed by atoms with Gasteiger partial charge in [-0.15, -0.1) is 0 Å². The highest BCUT2D eigenvalue weighted by atomic mass is 16.5. The Morgan fingerprint density at radius 2 is 1.92 bits per heavy atom. The van der Waals surface area contributed by atoms with E-state index in [0.717, 1.165) is 26.1 Å². The molecule has 0 aromatic rings. The maximum atomic E-state index is 8.26. The molecule has 0 aliphatic carbocycles. The highest BCUT2D eigenvalue weighted by Crippen LogP contribution is 2.12. The van der Waals surface area contributed by atoms with Crippen molar-refractivity contribution in [2.45, 2.75) is 40.0 Å². The van der Waals surface area contributed by atoms with Crippen LogP contribution in [0.25, 0.3) is 0 Å². The summed E-state index contributed by atoms with van der Waals surface area (Å²) in [6, 6.07) is 2.12. The number of nitriles is 1. The van der Waals surface area contributed by atoms with Crippen LogP contribution < -0.4 is 0 Å². The average molecular weight is 169 g/mol. The smallest absolute Gasteiger partial charge is 0.0621 e. The lowest BCUT2D eigenvalue weighted by Crippen LogP contribution is -2.14. The molecule has 0 radical (unpaired) electrons. The van der Waals surface area contributed by atoms with E-state index < -0.39 is 0 Å². The monoisotopic (exact) mass is 169 g/mol. The van der Waals surface area contributed by atoms with Crippen LogP contribution in [0.15, 0.2) is 0 Å². The van der Waals surface area contributed by atoms with Crippen molar-refractivity contribution in [2.24, 2.45) is 5.41 Å². The first-order valence-electron chi connectivity index (χ1n) is 4.51. The molecule has 0 aromatic carbocycles. The van der Waals surface area contributed by atoms with Crippen LogP contribution in [-0.2, 0) is 4.74 Å². The van der Waals surface area contributed by atoms with Crippen molar-refractivity contribution in [3.05, 3.63) is 0 Å². The minimum Gasteiger partial charge on any atom is -0.381 e. The van der Waals surface area contributed by atoms with E-state index in [1.165, 1.54) is 0 Å². The van der Waals surface area contributed by atoms with Gasteiger partial charge in [-0.25, -0.2) is 0 Å². The lowest BCUT2D eigenvalue weighted by molar-refractivity contribution is 0.0691. The summed E-state index contributed by atoms with van der Waals surface area (Å²) in [6.07, 6.45) is 2.61. The molecular formula is C10H19NO. The van der Waals surface area contributed by atoms with Gasteiger partial charge in [0.1, 0.15) is 0 Å². The van der Waals surface area contributed by atoms with E-state index in [2.05, 4.69) is 26.8 Å². The normalized spacial score (nSPS) is 11.2. The SMILES string of the molecule is CC(C)(C)COCCCCC#N. The van der Waals surface area contributed by atoms with Crippen molar-refractivity contribution in [3.8, 4) is 6.07 Å². The van der Waals surface area contributed by atoms with Gasteiger partial charge in [-0.05, 0) is 18.3 Å². The van der Waals surface area contributed by atoms with Gasteiger partial charge in [0.2, 0.25) is 0 Å². The van der Waals surface area contributed by atoms with E-state index in [4.69, 9.17) is 10.00 Å². The molecule has 2 nitrogen and oxygen atoms in total. The van der Waals surface area contributed by atoms with Gasteiger partial charge in [0, 0.05) is 13.0 Å². The van der Waals surface area contributed by atoms with E-state index in [1.807, 2.05) is 0 Å². The molecular weight excluding hydrogens is 150 g/mol. The van der Waals surface area contributed by atoms with Gasteiger partial charge in [-0.1, -0.05) is 20.8 Å². The molecule has 70 valence electrons. The fraction of sp³-hybridized carbons (Fsp3) is 0.900. The molecule has 0 N–H and O–H groups in total. The predicted molar refractivity (Wildman–Crippen MR) is 49.7 cm³/mol. The first kappa shape index (κ1) is 11.4. The number of rotatable bonds is 5. The zero-order chi connectivity index (χ0) is 9.45. The van der Waals surface area contributed by atoms with E-state index in [-0.39, 0.29) is 5.41 Å². The first-order chi connectivity index (χ1) is 5.56. The Kier molecular flexibility index (Phi) is 5.74. The summed E-state index contributed by atoms with van der Waals surface area (Å²) in [6.45, 7) is 8.06. The Hall–Kier alpha value is -0.550. The molecule has 0 bridgehead atoms. The van der Waals surface area contributed by atoms with Crippen molar-refractivity contribution in [2.75, 3.05) is 13.2 Å². The molecule has 0 saturated carbocycles. The third kappa shape index (κ3) is 9.45. The van der Waals surface area contributed by atoms with Crippen molar-refractivity contribution in [3.63, 3.8) is 0 Å². The highest BCUT2D eigenvalue weighted by molar-refractivity contribution is 4.67. The van der Waals surface area contributed by atoms with E-state index in [9.17, 15) is 0 Å². The van der Waals surface area contributed by atoms with Crippen LogP contribution >= 0.6 is 0 Å². The maximum absolute atomic E-state index is 8.26. The third-order valence-corrected chi connectivity index (χ3v) is 1.36. The topological polar surface area (TPSA) is 33.0 Å². The van der Waals surface area contributed by atoms with E-state index in [0.29, 0.717) is 6.42 Å². The molecule has 0 aliphatic rings. The van der Waals surface area contributed by atoms with Crippen molar-refractivity contribution >= 4 is 0 Å². The summed E-state index contributed by atoms with van der Waals surface area (Å²) in [4.78, 5) is 0. The fourth-order valence-electron chi connectivity index (χ4n) is 0.787. The van der Waals surface area contributed by atoms with Crippen LogP contribution in [0.3, 0.4) is 0 Å². The number of ether oxygens (including phenoxy) is 1. The Balaban J connectivity index is 3.07. The molecule has 0 spiro atoms. The molecule has 0 saturated heterocycles. The molecule has 0 fully saturated rings. The Morgan fingerprint density at radius 3 is 2.42 bits per heavy atom. The lowest BCUT2D eigenvalue weighted by Gasteiger charge is -2.17. The molecule has 0 aliphatic heterocycles. The summed E-state index contributed by atoms with van der Waals surface area (Å²) in [7, 11) is 0. The highest BCUT2D eigenvalue weighted by Gasteiger charge is 2.09. The number of unbranched alkanes of at least 4 members (excludes halogenated alkanes) is 2. The van der Waals surface area contributed by atoms with Crippen LogP contribution in [0.5, 0.6) is 0 Å². The second kappa shape index (κ2) is 6.02. The van der Waals surface area contributed by atoms with Gasteiger partial charge in [0.25, 0.3) is 0 Å². The molecule has 0 aromatic heterocycles. The average Bonchev–Trinajstić information content (AvgIpc) is 1.94. The van der Waals surface area contributed by atoms with Gasteiger partial charge in [-0.3, -0.25) is 0 Å². The second-order valence-corrected chi connectivity index (χ2v) is 4.23. The third-order valence-electron chi connectivity index (χ3n) is 1.36. The summed E-state index contributed by atoms with van der Waals surface area (Å²) < 4.78 is 5.44. The van der Waals surface area contributed by atoms with E-state index >= 15 is 0 Å². The van der Waals surface area contributed by atoms with Crippen LogP contribution in [0.1, 0.15) is 40.0 Å². The summed E-state index contributed by atoms with van der Waals surface area (Å²) >= 11 is 0. The van der Waals surface area contributed by atoms with Gasteiger partial charge in [0.05, 0.1) is 12.7 Å². The van der Waals surface area contributed by atoms with Gasteiger partial charge in [-0.2, -0.15) is 5.26 Å². The molecule has 0 atom stereocenters. The van der Waals surface area contributed by atoms with Crippen molar-refractivity contribution in [1.29, 1.82) is 5.26 Å². The Bertz CT molecular complexity index is 141. The molecule has 0 heterocycles. The van der Waals surface area contributed by atoms with Crippen LogP contribution in [0.2, 0.25) is 0 Å². The maximum Gasteiger partial charge on any atom is 0.0621 e. The molecule has 0 amide bonds. The minimum absolute atomic E-state index is 0.259. The summed E-state index contributed by atoms with van der Waals surface area (Å²) in [5.41, 5.74) is 0.259.